The van der Waals surface area contributed by atoms with Gasteiger partial charge < -0.3 is 13.7 Å². The van der Waals surface area contributed by atoms with E-state index in [2.05, 4.69) is 20.3 Å². The summed E-state index contributed by atoms with van der Waals surface area (Å²) in [7, 11) is 0. The first-order chi connectivity index (χ1) is 10.2. The van der Waals surface area contributed by atoms with Crippen molar-refractivity contribution in [3.05, 3.63) is 29.3 Å². The highest BCUT2D eigenvalue weighted by Crippen LogP contribution is 2.43. The molecule has 0 amide bonds. The fourth-order valence-corrected chi connectivity index (χ4v) is 3.48. The van der Waals surface area contributed by atoms with Crippen LogP contribution in [0.15, 0.2) is 15.0 Å². The fraction of sp³-hybridized carbons (Fsp3) is 0.643. The zero-order chi connectivity index (χ0) is 14.4. The van der Waals surface area contributed by atoms with Crippen LogP contribution in [0.3, 0.4) is 0 Å². The second-order valence-corrected chi connectivity index (χ2v) is 6.09. The molecule has 7 heteroatoms. The summed E-state index contributed by atoms with van der Waals surface area (Å²) in [5.74, 6) is 2.55. The lowest BCUT2D eigenvalue weighted by molar-refractivity contribution is 0.139. The molecule has 0 aliphatic carbocycles. The number of aryl methyl sites for hydroxylation is 2. The van der Waals surface area contributed by atoms with Gasteiger partial charge in [-0.25, -0.2) is 0 Å². The Bertz CT molecular complexity index is 652. The average Bonchev–Trinajstić information content (AvgIpc) is 3.14. The van der Waals surface area contributed by atoms with E-state index in [0.717, 1.165) is 37.7 Å². The Labute approximate surface area is 122 Å². The number of rotatable bonds is 3. The second kappa shape index (κ2) is 4.64. The molecule has 2 aromatic rings. The van der Waals surface area contributed by atoms with Gasteiger partial charge >= 0.3 is 0 Å². The average molecular weight is 290 g/mol. The van der Waals surface area contributed by atoms with Gasteiger partial charge in [0.15, 0.2) is 0 Å². The largest absolute Gasteiger partial charge is 0.425 e. The van der Waals surface area contributed by atoms with E-state index in [-0.39, 0.29) is 5.41 Å². The molecule has 0 radical (unpaired) electrons. The molecule has 0 unspecified atom stereocenters. The van der Waals surface area contributed by atoms with E-state index >= 15 is 0 Å². The van der Waals surface area contributed by atoms with Gasteiger partial charge in [-0.05, 0) is 6.92 Å². The molecule has 7 nitrogen and oxygen atoms in total. The molecule has 4 rings (SSSR count). The molecular weight excluding hydrogens is 272 g/mol. The monoisotopic (exact) mass is 290 g/mol. The zero-order valence-corrected chi connectivity index (χ0v) is 12.2. The molecule has 21 heavy (non-hydrogen) atoms. The van der Waals surface area contributed by atoms with Crippen LogP contribution in [0.1, 0.15) is 23.2 Å². The standard InChI is InChI=1S/C14H18N4O3/c1-9-3-12(17-21-9)5-18-4-11-6-19-8-14(11,7-18)13-16-15-10(2)20-13/h3,11H,4-8H2,1-2H3/t11-,14-/m0/s1. The predicted molar refractivity (Wildman–Crippen MR) is 71.5 cm³/mol. The van der Waals surface area contributed by atoms with Crippen LogP contribution < -0.4 is 0 Å². The smallest absolute Gasteiger partial charge is 0.226 e. The van der Waals surface area contributed by atoms with Crippen molar-refractivity contribution in [1.82, 2.24) is 20.3 Å². The molecule has 4 heterocycles. The summed E-state index contributed by atoms with van der Waals surface area (Å²) in [5.41, 5.74) is 0.797. The third-order valence-corrected chi connectivity index (χ3v) is 4.46. The van der Waals surface area contributed by atoms with Gasteiger partial charge in [0.05, 0.1) is 24.3 Å². The van der Waals surface area contributed by atoms with E-state index in [1.807, 2.05) is 19.9 Å². The SMILES string of the molecule is Cc1cc(CN2C[C@H]3COC[C@@]3(c3nnc(C)o3)C2)no1. The molecule has 0 N–H and O–H groups in total. The topological polar surface area (TPSA) is 77.4 Å². The maximum atomic E-state index is 5.71. The molecule has 0 saturated carbocycles. The second-order valence-electron chi connectivity index (χ2n) is 6.09. The maximum absolute atomic E-state index is 5.71. The Morgan fingerprint density at radius 2 is 2.29 bits per heavy atom. The third kappa shape index (κ3) is 2.08. The molecule has 2 fully saturated rings. The molecular formula is C14H18N4O3. The van der Waals surface area contributed by atoms with Gasteiger partial charge in [-0.2, -0.15) is 0 Å². The Morgan fingerprint density at radius 3 is 3.00 bits per heavy atom. The van der Waals surface area contributed by atoms with Crippen molar-refractivity contribution in [2.75, 3.05) is 26.3 Å². The highest BCUT2D eigenvalue weighted by Gasteiger charge is 2.55. The van der Waals surface area contributed by atoms with Crippen molar-refractivity contribution in [1.29, 1.82) is 0 Å². The van der Waals surface area contributed by atoms with Gasteiger partial charge in [0.1, 0.15) is 5.76 Å². The van der Waals surface area contributed by atoms with Crippen molar-refractivity contribution in [2.24, 2.45) is 5.92 Å². The third-order valence-electron chi connectivity index (χ3n) is 4.46. The minimum absolute atomic E-state index is 0.167. The van der Waals surface area contributed by atoms with Gasteiger partial charge in [-0.3, -0.25) is 4.90 Å². The maximum Gasteiger partial charge on any atom is 0.226 e. The summed E-state index contributed by atoms with van der Waals surface area (Å²) in [5, 5.41) is 12.3. The van der Waals surface area contributed by atoms with Gasteiger partial charge in [0.25, 0.3) is 0 Å². The van der Waals surface area contributed by atoms with Crippen molar-refractivity contribution in [2.45, 2.75) is 25.8 Å². The van der Waals surface area contributed by atoms with Crippen LogP contribution in [0.5, 0.6) is 0 Å². The molecule has 2 atom stereocenters. The predicted octanol–water partition coefficient (Wildman–Crippen LogP) is 1.07. The van der Waals surface area contributed by atoms with Gasteiger partial charge in [0.2, 0.25) is 11.8 Å². The first-order valence-electron chi connectivity index (χ1n) is 7.18. The van der Waals surface area contributed by atoms with Crippen LogP contribution in [-0.2, 0) is 16.7 Å². The number of nitrogens with zero attached hydrogens (tertiary/aromatic N) is 4. The summed E-state index contributed by atoms with van der Waals surface area (Å²) in [4.78, 5) is 2.37. The zero-order valence-electron chi connectivity index (χ0n) is 12.2. The summed E-state index contributed by atoms with van der Waals surface area (Å²) < 4.78 is 16.5. The lowest BCUT2D eigenvalue weighted by atomic mass is 9.81. The number of aromatic nitrogens is 3. The van der Waals surface area contributed by atoms with E-state index in [4.69, 9.17) is 13.7 Å². The first kappa shape index (κ1) is 13.0. The number of fused-ring (bicyclic) bond motifs is 1. The molecule has 2 saturated heterocycles. The Kier molecular flexibility index (Phi) is 2.87. The Hall–Kier alpha value is -1.73. The Balaban J connectivity index is 1.57. The van der Waals surface area contributed by atoms with Gasteiger partial charge in [0, 0.05) is 38.5 Å². The van der Waals surface area contributed by atoms with Crippen molar-refractivity contribution >= 4 is 0 Å². The van der Waals surface area contributed by atoms with Gasteiger partial charge in [-0.1, -0.05) is 5.16 Å². The van der Waals surface area contributed by atoms with E-state index < -0.39 is 0 Å². The molecule has 2 aliphatic rings. The normalized spacial score (nSPS) is 29.1. The molecule has 0 bridgehead atoms. The lowest BCUT2D eigenvalue weighted by Gasteiger charge is -2.22. The van der Waals surface area contributed by atoms with Crippen LogP contribution in [0.25, 0.3) is 0 Å². The van der Waals surface area contributed by atoms with Crippen molar-refractivity contribution in [3.8, 4) is 0 Å². The molecule has 112 valence electrons. The number of ether oxygens (including phenoxy) is 1. The van der Waals surface area contributed by atoms with Crippen LogP contribution >= 0.6 is 0 Å². The van der Waals surface area contributed by atoms with Crippen LogP contribution in [-0.4, -0.2) is 46.6 Å². The fourth-order valence-electron chi connectivity index (χ4n) is 3.48. The number of hydrogen-bond donors (Lipinski definition) is 0. The summed E-state index contributed by atoms with van der Waals surface area (Å²) in [6, 6.07) is 1.98. The molecule has 0 aromatic carbocycles. The first-order valence-corrected chi connectivity index (χ1v) is 7.18. The van der Waals surface area contributed by atoms with E-state index in [0.29, 0.717) is 24.3 Å². The molecule has 0 spiro atoms. The Morgan fingerprint density at radius 1 is 1.38 bits per heavy atom. The van der Waals surface area contributed by atoms with Gasteiger partial charge in [-0.15, -0.1) is 10.2 Å². The highest BCUT2D eigenvalue weighted by atomic mass is 16.5. The highest BCUT2D eigenvalue weighted by molar-refractivity contribution is 5.17. The minimum atomic E-state index is -0.167. The van der Waals surface area contributed by atoms with E-state index in [1.165, 1.54) is 0 Å². The quantitative estimate of drug-likeness (QED) is 0.836. The van der Waals surface area contributed by atoms with Crippen molar-refractivity contribution < 1.29 is 13.7 Å². The lowest BCUT2D eigenvalue weighted by Crippen LogP contribution is -2.35. The molecule has 2 aromatic heterocycles. The number of hydrogen-bond acceptors (Lipinski definition) is 7. The van der Waals surface area contributed by atoms with Crippen LogP contribution in [0.4, 0.5) is 0 Å². The number of likely N-dealkylation sites (tertiary alicyclic amines) is 1. The summed E-state index contributed by atoms with van der Waals surface area (Å²) in [6.45, 7) is 7.71. The summed E-state index contributed by atoms with van der Waals surface area (Å²) >= 11 is 0. The van der Waals surface area contributed by atoms with Crippen LogP contribution in [0.2, 0.25) is 0 Å². The van der Waals surface area contributed by atoms with E-state index in [9.17, 15) is 0 Å². The molecule has 2 aliphatic heterocycles. The van der Waals surface area contributed by atoms with Crippen LogP contribution in [0, 0.1) is 19.8 Å². The van der Waals surface area contributed by atoms with Crippen molar-refractivity contribution in [3.63, 3.8) is 0 Å². The van der Waals surface area contributed by atoms with E-state index in [1.54, 1.807) is 0 Å². The minimum Gasteiger partial charge on any atom is -0.425 e. The summed E-state index contributed by atoms with van der Waals surface area (Å²) in [6.07, 6.45) is 0.